The molecule has 4 heteroatoms. The molecular formula is C12H10BrFN2. The van der Waals surface area contributed by atoms with Crippen molar-refractivity contribution in [1.82, 2.24) is 4.98 Å². The number of anilines is 2. The van der Waals surface area contributed by atoms with Gasteiger partial charge in [-0.2, -0.15) is 0 Å². The number of para-hydroxylation sites is 1. The van der Waals surface area contributed by atoms with E-state index in [9.17, 15) is 4.39 Å². The van der Waals surface area contributed by atoms with Gasteiger partial charge in [0.1, 0.15) is 11.6 Å². The predicted octanol–water partition coefficient (Wildman–Crippen LogP) is 3.75. The largest absolute Gasteiger partial charge is 0.326 e. The average Bonchev–Trinajstić information content (AvgIpc) is 2.29. The quantitative estimate of drug-likeness (QED) is 0.833. The van der Waals surface area contributed by atoms with Crippen LogP contribution in [0.25, 0.3) is 0 Å². The Kier molecular flexibility index (Phi) is 3.19. The van der Waals surface area contributed by atoms with Gasteiger partial charge in [-0.1, -0.05) is 12.1 Å². The molecule has 0 aliphatic rings. The van der Waals surface area contributed by atoms with Crippen LogP contribution in [0.1, 0.15) is 0 Å². The van der Waals surface area contributed by atoms with Crippen molar-refractivity contribution in [3.8, 4) is 0 Å². The van der Waals surface area contributed by atoms with Crippen LogP contribution in [0.5, 0.6) is 0 Å². The molecule has 0 atom stereocenters. The summed E-state index contributed by atoms with van der Waals surface area (Å²) in [5.41, 5.74) is 0.502. The zero-order chi connectivity index (χ0) is 11.5. The zero-order valence-corrected chi connectivity index (χ0v) is 10.3. The molecule has 2 aromatic rings. The van der Waals surface area contributed by atoms with Crippen LogP contribution in [0.4, 0.5) is 15.9 Å². The highest BCUT2D eigenvalue weighted by molar-refractivity contribution is 9.10. The normalized spacial score (nSPS) is 10.2. The summed E-state index contributed by atoms with van der Waals surface area (Å²) in [6.45, 7) is 0. The smallest absolute Gasteiger partial charge is 0.147 e. The molecule has 0 aliphatic heterocycles. The van der Waals surface area contributed by atoms with E-state index in [4.69, 9.17) is 0 Å². The van der Waals surface area contributed by atoms with Crippen molar-refractivity contribution in [2.45, 2.75) is 0 Å². The summed E-state index contributed by atoms with van der Waals surface area (Å²) in [6.07, 6.45) is 1.68. The number of rotatable bonds is 2. The fourth-order valence-corrected chi connectivity index (χ4v) is 1.98. The lowest BCUT2D eigenvalue weighted by Crippen LogP contribution is -2.13. The highest BCUT2D eigenvalue weighted by atomic mass is 79.9. The lowest BCUT2D eigenvalue weighted by atomic mass is 10.3. The van der Waals surface area contributed by atoms with E-state index in [1.165, 1.54) is 6.07 Å². The number of pyridine rings is 1. The van der Waals surface area contributed by atoms with Crippen LogP contribution in [0.15, 0.2) is 47.1 Å². The van der Waals surface area contributed by atoms with Gasteiger partial charge in [0.25, 0.3) is 0 Å². The Hall–Kier alpha value is -1.42. The molecule has 1 aromatic heterocycles. The molecule has 1 heterocycles. The van der Waals surface area contributed by atoms with E-state index in [-0.39, 0.29) is 5.82 Å². The molecule has 82 valence electrons. The van der Waals surface area contributed by atoms with E-state index in [2.05, 4.69) is 20.9 Å². The van der Waals surface area contributed by atoms with Crippen LogP contribution in [-0.4, -0.2) is 12.0 Å². The second kappa shape index (κ2) is 4.61. The second-order valence-electron chi connectivity index (χ2n) is 3.32. The van der Waals surface area contributed by atoms with Crippen molar-refractivity contribution in [3.05, 3.63) is 52.9 Å². The van der Waals surface area contributed by atoms with Crippen LogP contribution >= 0.6 is 15.9 Å². The van der Waals surface area contributed by atoms with E-state index in [1.807, 2.05) is 12.1 Å². The van der Waals surface area contributed by atoms with Gasteiger partial charge in [0, 0.05) is 13.2 Å². The standard InChI is InChI=1S/C12H10BrFN2/c1-16(11-7-3-2-6-10(11)14)12-9(13)5-4-8-15-12/h2-8H,1H3. The molecular weight excluding hydrogens is 271 g/mol. The van der Waals surface area contributed by atoms with Crippen molar-refractivity contribution >= 4 is 27.4 Å². The first-order chi connectivity index (χ1) is 7.70. The Balaban J connectivity index is 2.44. The summed E-state index contributed by atoms with van der Waals surface area (Å²) < 4.78 is 14.4. The molecule has 0 saturated carbocycles. The lowest BCUT2D eigenvalue weighted by molar-refractivity contribution is 0.627. The summed E-state index contributed by atoms with van der Waals surface area (Å²) in [4.78, 5) is 5.92. The van der Waals surface area contributed by atoms with Gasteiger partial charge < -0.3 is 4.90 Å². The van der Waals surface area contributed by atoms with E-state index in [1.54, 1.807) is 36.3 Å². The number of nitrogens with zero attached hydrogens (tertiary/aromatic N) is 2. The summed E-state index contributed by atoms with van der Waals surface area (Å²) >= 11 is 3.39. The maximum absolute atomic E-state index is 13.6. The van der Waals surface area contributed by atoms with Crippen LogP contribution in [0.3, 0.4) is 0 Å². The van der Waals surface area contributed by atoms with Gasteiger partial charge in [0.15, 0.2) is 0 Å². The highest BCUT2D eigenvalue weighted by Crippen LogP contribution is 2.29. The number of aromatic nitrogens is 1. The van der Waals surface area contributed by atoms with Crippen LogP contribution in [-0.2, 0) is 0 Å². The predicted molar refractivity (Wildman–Crippen MR) is 66.4 cm³/mol. The Morgan fingerprint density at radius 2 is 1.94 bits per heavy atom. The second-order valence-corrected chi connectivity index (χ2v) is 4.17. The van der Waals surface area contributed by atoms with Crippen molar-refractivity contribution in [1.29, 1.82) is 0 Å². The first-order valence-corrected chi connectivity index (χ1v) is 5.58. The SMILES string of the molecule is CN(c1ccccc1F)c1ncccc1Br. The van der Waals surface area contributed by atoms with E-state index >= 15 is 0 Å². The molecule has 2 rings (SSSR count). The average molecular weight is 281 g/mol. The molecule has 0 saturated heterocycles. The minimum Gasteiger partial charge on any atom is -0.326 e. The Bertz CT molecular complexity index is 456. The lowest BCUT2D eigenvalue weighted by Gasteiger charge is -2.19. The molecule has 1 aromatic carbocycles. The maximum Gasteiger partial charge on any atom is 0.147 e. The number of hydrogen-bond acceptors (Lipinski definition) is 2. The molecule has 0 spiro atoms. The van der Waals surface area contributed by atoms with Gasteiger partial charge in [0.05, 0.1) is 10.2 Å². The van der Waals surface area contributed by atoms with Crippen molar-refractivity contribution in [3.63, 3.8) is 0 Å². The molecule has 0 N–H and O–H groups in total. The van der Waals surface area contributed by atoms with Gasteiger partial charge in [-0.15, -0.1) is 0 Å². The molecule has 0 fully saturated rings. The molecule has 16 heavy (non-hydrogen) atoms. The summed E-state index contributed by atoms with van der Waals surface area (Å²) in [6, 6.07) is 10.3. The topological polar surface area (TPSA) is 16.1 Å². The molecule has 0 amide bonds. The first kappa shape index (κ1) is 11.1. The number of benzene rings is 1. The summed E-state index contributed by atoms with van der Waals surface area (Å²) in [7, 11) is 1.78. The van der Waals surface area contributed by atoms with Crippen LogP contribution in [0, 0.1) is 5.82 Å². The summed E-state index contributed by atoms with van der Waals surface area (Å²) in [5.74, 6) is 0.426. The minimum absolute atomic E-state index is 0.262. The molecule has 0 radical (unpaired) electrons. The molecule has 0 bridgehead atoms. The van der Waals surface area contributed by atoms with Gasteiger partial charge in [0.2, 0.25) is 0 Å². The monoisotopic (exact) mass is 280 g/mol. The third-order valence-electron chi connectivity index (χ3n) is 2.27. The van der Waals surface area contributed by atoms with Gasteiger partial charge >= 0.3 is 0 Å². The summed E-state index contributed by atoms with van der Waals surface area (Å²) in [5, 5.41) is 0. The Morgan fingerprint density at radius 3 is 2.62 bits per heavy atom. The van der Waals surface area contributed by atoms with E-state index in [0.29, 0.717) is 11.5 Å². The number of hydrogen-bond donors (Lipinski definition) is 0. The maximum atomic E-state index is 13.6. The van der Waals surface area contributed by atoms with Crippen molar-refractivity contribution in [2.75, 3.05) is 11.9 Å². The third kappa shape index (κ3) is 2.07. The van der Waals surface area contributed by atoms with E-state index < -0.39 is 0 Å². The fraction of sp³-hybridized carbons (Fsp3) is 0.0833. The van der Waals surface area contributed by atoms with Crippen LogP contribution < -0.4 is 4.90 Å². The fourth-order valence-electron chi connectivity index (χ4n) is 1.46. The Morgan fingerprint density at radius 1 is 1.19 bits per heavy atom. The van der Waals surface area contributed by atoms with E-state index in [0.717, 1.165) is 4.47 Å². The number of halogens is 2. The van der Waals surface area contributed by atoms with Gasteiger partial charge in [-0.25, -0.2) is 9.37 Å². The zero-order valence-electron chi connectivity index (χ0n) is 8.69. The molecule has 2 nitrogen and oxygen atoms in total. The molecule has 0 aliphatic carbocycles. The van der Waals surface area contributed by atoms with Gasteiger partial charge in [-0.05, 0) is 40.2 Å². The highest BCUT2D eigenvalue weighted by Gasteiger charge is 2.11. The van der Waals surface area contributed by atoms with Gasteiger partial charge in [-0.3, -0.25) is 0 Å². The van der Waals surface area contributed by atoms with Crippen LogP contribution in [0.2, 0.25) is 0 Å². The first-order valence-electron chi connectivity index (χ1n) is 4.79. The van der Waals surface area contributed by atoms with Crippen molar-refractivity contribution in [2.24, 2.45) is 0 Å². The third-order valence-corrected chi connectivity index (χ3v) is 2.89. The minimum atomic E-state index is -0.262. The Labute approximate surface area is 102 Å². The van der Waals surface area contributed by atoms with Crippen molar-refractivity contribution < 1.29 is 4.39 Å². The molecule has 0 unspecified atom stereocenters.